The predicted molar refractivity (Wildman–Crippen MR) is 73.7 cm³/mol. The zero-order valence-electron chi connectivity index (χ0n) is 11.1. The number of hydrogen-bond donors (Lipinski definition) is 0. The van der Waals surface area contributed by atoms with Gasteiger partial charge in [-0.1, -0.05) is 0 Å². The molecule has 0 aliphatic carbocycles. The van der Waals surface area contributed by atoms with Crippen molar-refractivity contribution in [2.45, 2.75) is 13.8 Å². The minimum Gasteiger partial charge on any atom is -0.497 e. The molecular weight excluding hydrogens is 238 g/mol. The molecule has 2 aromatic carbocycles. The van der Waals surface area contributed by atoms with E-state index in [0.29, 0.717) is 0 Å². The predicted octanol–water partition coefficient (Wildman–Crippen LogP) is 2.85. The second-order valence-corrected chi connectivity index (χ2v) is 4.55. The monoisotopic (exact) mass is 252 g/mol. The molecule has 3 rings (SSSR count). The Labute approximate surface area is 111 Å². The Bertz CT molecular complexity index is 726. The Kier molecular flexibility index (Phi) is 2.71. The van der Waals surface area contributed by atoms with Gasteiger partial charge in [0.2, 0.25) is 0 Å². The number of benzene rings is 2. The molecule has 0 saturated heterocycles. The first-order valence-electron chi connectivity index (χ1n) is 6.08. The molecule has 19 heavy (non-hydrogen) atoms. The summed E-state index contributed by atoms with van der Waals surface area (Å²) >= 11 is 0. The Morgan fingerprint density at radius 3 is 2.37 bits per heavy atom. The Balaban J connectivity index is 2.14. The first-order valence-corrected chi connectivity index (χ1v) is 6.08. The van der Waals surface area contributed by atoms with Gasteiger partial charge in [0, 0.05) is 6.07 Å². The molecule has 0 aliphatic heterocycles. The lowest BCUT2D eigenvalue weighted by Crippen LogP contribution is -1.99. The molecule has 1 radical (unpaired) electrons. The van der Waals surface area contributed by atoms with Crippen LogP contribution in [0, 0.1) is 19.9 Å². The molecule has 95 valence electrons. The van der Waals surface area contributed by atoms with E-state index in [9.17, 15) is 0 Å². The first-order chi connectivity index (χ1) is 9.15. The average Bonchev–Trinajstić information content (AvgIpc) is 2.80. The maximum Gasteiger partial charge on any atom is 0.121 e. The van der Waals surface area contributed by atoms with Crippen LogP contribution in [0.3, 0.4) is 0 Å². The van der Waals surface area contributed by atoms with Gasteiger partial charge in [-0.2, -0.15) is 4.80 Å². The van der Waals surface area contributed by atoms with E-state index in [1.54, 1.807) is 11.9 Å². The third-order valence-electron chi connectivity index (χ3n) is 2.94. The van der Waals surface area contributed by atoms with Gasteiger partial charge in [-0.15, -0.1) is 10.2 Å². The zero-order valence-corrected chi connectivity index (χ0v) is 11.1. The van der Waals surface area contributed by atoms with Gasteiger partial charge in [0.1, 0.15) is 16.8 Å². The normalized spacial score (nSPS) is 10.9. The number of aromatic nitrogens is 3. The number of hydrogen-bond acceptors (Lipinski definition) is 3. The highest BCUT2D eigenvalue weighted by molar-refractivity contribution is 5.75. The van der Waals surface area contributed by atoms with Crippen LogP contribution >= 0.6 is 0 Å². The number of fused-ring (bicyclic) bond motifs is 1. The van der Waals surface area contributed by atoms with E-state index >= 15 is 0 Å². The standard InChI is InChI=1S/C15H14N3O/c1-10-6-11(2)8-12(7-10)18-16-14-5-4-13(19-3)9-15(14)17-18/h4-5,7-9H,1-3H3. The van der Waals surface area contributed by atoms with E-state index in [4.69, 9.17) is 4.74 Å². The van der Waals surface area contributed by atoms with E-state index in [-0.39, 0.29) is 0 Å². The van der Waals surface area contributed by atoms with E-state index in [1.807, 2.05) is 44.2 Å². The van der Waals surface area contributed by atoms with Gasteiger partial charge in [-0.3, -0.25) is 0 Å². The molecule has 0 saturated carbocycles. The van der Waals surface area contributed by atoms with Crippen LogP contribution in [0.15, 0.2) is 30.3 Å². The highest BCUT2D eigenvalue weighted by Crippen LogP contribution is 2.19. The second kappa shape index (κ2) is 4.39. The van der Waals surface area contributed by atoms with Crippen LogP contribution in [0.5, 0.6) is 5.75 Å². The van der Waals surface area contributed by atoms with Crippen molar-refractivity contribution in [3.8, 4) is 11.4 Å². The molecular formula is C15H14N3O. The fraction of sp³-hybridized carbons (Fsp3) is 0.200. The molecule has 0 N–H and O–H groups in total. The van der Waals surface area contributed by atoms with Crippen molar-refractivity contribution in [1.82, 2.24) is 15.0 Å². The van der Waals surface area contributed by atoms with Gasteiger partial charge in [0.05, 0.1) is 12.8 Å². The van der Waals surface area contributed by atoms with Crippen molar-refractivity contribution >= 4 is 11.0 Å². The average molecular weight is 252 g/mol. The van der Waals surface area contributed by atoms with Gasteiger partial charge < -0.3 is 4.74 Å². The summed E-state index contributed by atoms with van der Waals surface area (Å²) in [4.78, 5) is 1.65. The Morgan fingerprint density at radius 1 is 1.00 bits per heavy atom. The van der Waals surface area contributed by atoms with Crippen LogP contribution in [-0.2, 0) is 0 Å². The third kappa shape index (κ3) is 2.17. The van der Waals surface area contributed by atoms with Crippen LogP contribution in [0.4, 0.5) is 0 Å². The molecule has 1 aromatic heterocycles. The molecule has 0 bridgehead atoms. The Hall–Kier alpha value is -2.36. The van der Waals surface area contributed by atoms with Crippen LogP contribution in [-0.4, -0.2) is 22.1 Å². The second-order valence-electron chi connectivity index (χ2n) is 4.55. The summed E-state index contributed by atoms with van der Waals surface area (Å²) in [6.07, 6.45) is 0. The first kappa shape index (κ1) is 11.7. The summed E-state index contributed by atoms with van der Waals surface area (Å²) in [5.74, 6) is 0.785. The number of ether oxygens (including phenoxy) is 1. The van der Waals surface area contributed by atoms with Crippen LogP contribution in [0.1, 0.15) is 11.1 Å². The lowest BCUT2D eigenvalue weighted by Gasteiger charge is -2.02. The molecule has 0 fully saturated rings. The fourth-order valence-corrected chi connectivity index (χ4v) is 2.12. The van der Waals surface area contributed by atoms with E-state index in [2.05, 4.69) is 16.3 Å². The highest BCUT2D eigenvalue weighted by atomic mass is 16.5. The summed E-state index contributed by atoms with van der Waals surface area (Å²) in [5, 5.41) is 8.96. The van der Waals surface area contributed by atoms with Crippen molar-refractivity contribution in [1.29, 1.82) is 0 Å². The molecule has 4 heteroatoms. The molecule has 3 aromatic rings. The SMILES string of the molecule is COc1ccc2nn(-c3cc(C)[c]c(C)c3)nc2c1. The van der Waals surface area contributed by atoms with Gasteiger partial charge in [-0.05, 0) is 55.3 Å². The molecule has 0 unspecified atom stereocenters. The van der Waals surface area contributed by atoms with Crippen molar-refractivity contribution in [2.24, 2.45) is 0 Å². The van der Waals surface area contributed by atoms with Crippen molar-refractivity contribution in [2.75, 3.05) is 7.11 Å². The lowest BCUT2D eigenvalue weighted by molar-refractivity contribution is 0.415. The highest BCUT2D eigenvalue weighted by Gasteiger charge is 2.06. The number of methoxy groups -OCH3 is 1. The van der Waals surface area contributed by atoms with Gasteiger partial charge in [0.15, 0.2) is 0 Å². The lowest BCUT2D eigenvalue weighted by atomic mass is 10.1. The minimum atomic E-state index is 0.785. The van der Waals surface area contributed by atoms with Gasteiger partial charge >= 0.3 is 0 Å². The van der Waals surface area contributed by atoms with Crippen molar-refractivity contribution < 1.29 is 4.74 Å². The summed E-state index contributed by atoms with van der Waals surface area (Å²) in [7, 11) is 1.64. The number of aryl methyl sites for hydroxylation is 2. The maximum absolute atomic E-state index is 5.19. The van der Waals surface area contributed by atoms with Gasteiger partial charge in [0.25, 0.3) is 0 Å². The molecule has 0 spiro atoms. The van der Waals surface area contributed by atoms with Crippen LogP contribution in [0.2, 0.25) is 0 Å². The topological polar surface area (TPSA) is 39.9 Å². The molecule has 0 aliphatic rings. The summed E-state index contributed by atoms with van der Waals surface area (Å²) in [5.41, 5.74) is 4.78. The smallest absolute Gasteiger partial charge is 0.121 e. The van der Waals surface area contributed by atoms with Crippen molar-refractivity contribution in [3.05, 3.63) is 47.5 Å². The quantitative estimate of drug-likeness (QED) is 0.704. The largest absolute Gasteiger partial charge is 0.497 e. The summed E-state index contributed by atoms with van der Waals surface area (Å²) in [6.45, 7) is 4.03. The molecule has 1 heterocycles. The molecule has 0 atom stereocenters. The zero-order chi connectivity index (χ0) is 13.4. The Morgan fingerprint density at radius 2 is 1.68 bits per heavy atom. The molecule has 4 nitrogen and oxygen atoms in total. The van der Waals surface area contributed by atoms with Gasteiger partial charge in [-0.25, -0.2) is 0 Å². The van der Waals surface area contributed by atoms with E-state index in [0.717, 1.165) is 33.6 Å². The van der Waals surface area contributed by atoms with E-state index in [1.165, 1.54) is 0 Å². The fourth-order valence-electron chi connectivity index (χ4n) is 2.12. The summed E-state index contributed by atoms with van der Waals surface area (Å²) < 4.78 is 5.19. The van der Waals surface area contributed by atoms with Crippen molar-refractivity contribution in [3.63, 3.8) is 0 Å². The van der Waals surface area contributed by atoms with Crippen LogP contribution < -0.4 is 4.74 Å². The molecule has 0 amide bonds. The summed E-state index contributed by atoms with van der Waals surface area (Å²) in [6, 6.07) is 13.0. The van der Waals surface area contributed by atoms with E-state index < -0.39 is 0 Å². The number of nitrogens with zero attached hydrogens (tertiary/aromatic N) is 3. The maximum atomic E-state index is 5.19. The van der Waals surface area contributed by atoms with Crippen LogP contribution in [0.25, 0.3) is 16.7 Å². The third-order valence-corrected chi connectivity index (χ3v) is 2.94. The minimum absolute atomic E-state index is 0.785. The number of rotatable bonds is 2.